The van der Waals surface area contributed by atoms with E-state index in [4.69, 9.17) is 10.8 Å². The molecule has 0 saturated carbocycles. The number of amides is 1. The second kappa shape index (κ2) is 7.77. The SMILES string of the molecule is C[S+]([O-])CCC(NC(=O)C(N)CS)C(=O)O. The molecular formula is C8H16N2O4S2. The average molecular weight is 268 g/mol. The Labute approximate surface area is 103 Å². The molecule has 0 fully saturated rings. The van der Waals surface area contributed by atoms with E-state index < -0.39 is 35.1 Å². The molecule has 0 aliphatic carbocycles. The molecule has 0 aliphatic rings. The van der Waals surface area contributed by atoms with Gasteiger partial charge in [-0.1, -0.05) is 11.2 Å². The van der Waals surface area contributed by atoms with Crippen LogP contribution in [0.3, 0.4) is 0 Å². The molecule has 16 heavy (non-hydrogen) atoms. The van der Waals surface area contributed by atoms with Gasteiger partial charge in [0.15, 0.2) is 0 Å². The van der Waals surface area contributed by atoms with Gasteiger partial charge in [-0.25, -0.2) is 4.79 Å². The summed E-state index contributed by atoms with van der Waals surface area (Å²) in [5.74, 6) is -1.37. The van der Waals surface area contributed by atoms with Crippen molar-refractivity contribution in [2.75, 3.05) is 17.8 Å². The highest BCUT2D eigenvalue weighted by atomic mass is 32.2. The van der Waals surface area contributed by atoms with E-state index in [1.165, 1.54) is 6.26 Å². The van der Waals surface area contributed by atoms with Crippen LogP contribution in [0, 0.1) is 0 Å². The van der Waals surface area contributed by atoms with Crippen molar-refractivity contribution in [2.24, 2.45) is 5.73 Å². The molecule has 0 spiro atoms. The highest BCUT2D eigenvalue weighted by Crippen LogP contribution is 1.98. The number of thiol groups is 1. The predicted octanol–water partition coefficient (Wildman–Crippen LogP) is -1.42. The highest BCUT2D eigenvalue weighted by Gasteiger charge is 2.23. The summed E-state index contributed by atoms with van der Waals surface area (Å²) in [4.78, 5) is 22.1. The van der Waals surface area contributed by atoms with Gasteiger partial charge in [-0.05, 0) is 0 Å². The number of hydrogen-bond acceptors (Lipinski definition) is 5. The molecule has 3 unspecified atom stereocenters. The molecular weight excluding hydrogens is 252 g/mol. The van der Waals surface area contributed by atoms with Crippen molar-refractivity contribution in [3.63, 3.8) is 0 Å². The Morgan fingerprint density at radius 2 is 2.19 bits per heavy atom. The summed E-state index contributed by atoms with van der Waals surface area (Å²) in [6.07, 6.45) is 1.59. The Hall–Kier alpha value is -0.440. The zero-order chi connectivity index (χ0) is 12.7. The van der Waals surface area contributed by atoms with Crippen LogP contribution in [0.15, 0.2) is 0 Å². The van der Waals surface area contributed by atoms with Crippen LogP contribution < -0.4 is 11.1 Å². The Balaban J connectivity index is 4.23. The van der Waals surface area contributed by atoms with Gasteiger partial charge in [-0.3, -0.25) is 4.79 Å². The van der Waals surface area contributed by atoms with Crippen molar-refractivity contribution in [3.05, 3.63) is 0 Å². The van der Waals surface area contributed by atoms with E-state index >= 15 is 0 Å². The molecule has 0 radical (unpaired) electrons. The first kappa shape index (κ1) is 15.6. The predicted molar refractivity (Wildman–Crippen MR) is 64.9 cm³/mol. The number of hydrogen-bond donors (Lipinski definition) is 4. The monoisotopic (exact) mass is 268 g/mol. The lowest BCUT2D eigenvalue weighted by molar-refractivity contribution is -0.141. The zero-order valence-corrected chi connectivity index (χ0v) is 10.6. The molecule has 0 aromatic rings. The Bertz CT molecular complexity index is 250. The number of carboxylic acids is 1. The molecule has 0 aliphatic heterocycles. The van der Waals surface area contributed by atoms with E-state index in [1.807, 2.05) is 0 Å². The fourth-order valence-electron chi connectivity index (χ4n) is 0.903. The van der Waals surface area contributed by atoms with Crippen LogP contribution in [0.5, 0.6) is 0 Å². The summed E-state index contributed by atoms with van der Waals surface area (Å²) in [6, 6.07) is -1.89. The van der Waals surface area contributed by atoms with E-state index in [9.17, 15) is 14.1 Å². The fraction of sp³-hybridized carbons (Fsp3) is 0.750. The second-order valence-corrected chi connectivity index (χ2v) is 5.17. The number of nitrogens with two attached hydrogens (primary N) is 1. The number of rotatable bonds is 7. The van der Waals surface area contributed by atoms with Crippen LogP contribution in [-0.4, -0.2) is 51.4 Å². The molecule has 0 aromatic heterocycles. The maximum absolute atomic E-state index is 11.3. The van der Waals surface area contributed by atoms with E-state index in [2.05, 4.69) is 17.9 Å². The maximum atomic E-state index is 11.3. The first-order chi connectivity index (χ1) is 7.38. The third-order valence-corrected chi connectivity index (χ3v) is 3.05. The summed E-state index contributed by atoms with van der Waals surface area (Å²) in [5, 5.41) is 11.1. The van der Waals surface area contributed by atoms with Crippen LogP contribution in [0.25, 0.3) is 0 Å². The lowest BCUT2D eigenvalue weighted by Gasteiger charge is -2.16. The van der Waals surface area contributed by atoms with Gasteiger partial charge in [0.2, 0.25) is 5.91 Å². The quantitative estimate of drug-likeness (QED) is 0.334. The average Bonchev–Trinajstić information content (AvgIpc) is 2.21. The third-order valence-electron chi connectivity index (χ3n) is 1.84. The Kier molecular flexibility index (Phi) is 7.56. The molecule has 6 nitrogen and oxygen atoms in total. The van der Waals surface area contributed by atoms with E-state index in [0.29, 0.717) is 0 Å². The lowest BCUT2D eigenvalue weighted by atomic mass is 10.2. The lowest BCUT2D eigenvalue weighted by Crippen LogP contribution is -2.49. The summed E-state index contributed by atoms with van der Waals surface area (Å²) in [7, 11) is 0. The summed E-state index contributed by atoms with van der Waals surface area (Å²) in [6.45, 7) is 0. The third kappa shape index (κ3) is 6.21. The van der Waals surface area contributed by atoms with Gasteiger partial charge >= 0.3 is 5.97 Å². The topological polar surface area (TPSA) is 115 Å². The molecule has 3 atom stereocenters. The first-order valence-electron chi connectivity index (χ1n) is 4.58. The number of carboxylic acid groups (broad SMARTS) is 1. The van der Waals surface area contributed by atoms with Gasteiger partial charge in [0.05, 0.1) is 12.3 Å². The Morgan fingerprint density at radius 3 is 2.56 bits per heavy atom. The van der Waals surface area contributed by atoms with Crippen LogP contribution in [0.4, 0.5) is 0 Å². The summed E-state index contributed by atoms with van der Waals surface area (Å²) in [5.41, 5.74) is 5.38. The van der Waals surface area contributed by atoms with Gasteiger partial charge in [-0.15, -0.1) is 0 Å². The van der Waals surface area contributed by atoms with E-state index in [-0.39, 0.29) is 17.9 Å². The highest BCUT2D eigenvalue weighted by molar-refractivity contribution is 7.90. The van der Waals surface area contributed by atoms with Crippen LogP contribution in [0.2, 0.25) is 0 Å². The summed E-state index contributed by atoms with van der Waals surface area (Å²) >= 11 is 2.74. The minimum absolute atomic E-state index is 0.115. The normalized spacial score (nSPS) is 16.2. The van der Waals surface area contributed by atoms with Gasteiger partial charge in [0.25, 0.3) is 0 Å². The van der Waals surface area contributed by atoms with Crippen molar-refractivity contribution in [1.82, 2.24) is 5.32 Å². The molecule has 0 heterocycles. The van der Waals surface area contributed by atoms with Crippen LogP contribution in [-0.2, 0) is 20.8 Å². The molecule has 0 bridgehead atoms. The zero-order valence-electron chi connectivity index (χ0n) is 8.88. The number of nitrogens with one attached hydrogen (secondary N) is 1. The first-order valence-corrected chi connectivity index (χ1v) is 6.94. The molecule has 4 N–H and O–H groups in total. The van der Waals surface area contributed by atoms with E-state index in [1.54, 1.807) is 0 Å². The standard InChI is InChI=1S/C8H16N2O4S2/c1-16(14)3-2-6(8(12)13)10-7(11)5(9)4-15/h5-6,15H,2-4,9H2,1H3,(H,10,11)(H,12,13). The molecule has 0 aromatic carbocycles. The fourth-order valence-corrected chi connectivity index (χ4v) is 1.64. The van der Waals surface area contributed by atoms with E-state index in [0.717, 1.165) is 0 Å². The molecule has 94 valence electrons. The smallest absolute Gasteiger partial charge is 0.326 e. The van der Waals surface area contributed by atoms with Crippen molar-refractivity contribution < 1.29 is 19.2 Å². The van der Waals surface area contributed by atoms with Crippen molar-refractivity contribution in [1.29, 1.82) is 0 Å². The minimum atomic E-state index is -1.16. The van der Waals surface area contributed by atoms with Crippen molar-refractivity contribution in [3.8, 4) is 0 Å². The van der Waals surface area contributed by atoms with Gasteiger partial charge in [0, 0.05) is 12.2 Å². The van der Waals surface area contributed by atoms with Crippen LogP contribution in [0.1, 0.15) is 6.42 Å². The van der Waals surface area contributed by atoms with Crippen LogP contribution >= 0.6 is 12.6 Å². The van der Waals surface area contributed by atoms with Gasteiger partial charge < -0.3 is 20.7 Å². The van der Waals surface area contributed by atoms with Crippen molar-refractivity contribution in [2.45, 2.75) is 18.5 Å². The summed E-state index contributed by atoms with van der Waals surface area (Å²) < 4.78 is 10.8. The molecule has 8 heteroatoms. The number of aliphatic carboxylic acids is 1. The molecule has 1 amide bonds. The van der Waals surface area contributed by atoms with Crippen molar-refractivity contribution >= 4 is 35.7 Å². The van der Waals surface area contributed by atoms with Gasteiger partial charge in [-0.2, -0.15) is 12.6 Å². The number of carbonyl (C=O) groups is 2. The second-order valence-electron chi connectivity index (χ2n) is 3.25. The van der Waals surface area contributed by atoms with Gasteiger partial charge in [0.1, 0.15) is 11.8 Å². The molecule has 0 rings (SSSR count). The number of carbonyl (C=O) groups excluding carboxylic acids is 1. The molecule has 0 saturated heterocycles. The minimum Gasteiger partial charge on any atom is -0.617 e. The maximum Gasteiger partial charge on any atom is 0.326 e. The largest absolute Gasteiger partial charge is 0.617 e. The Morgan fingerprint density at radius 1 is 1.62 bits per heavy atom.